The third-order valence-corrected chi connectivity index (χ3v) is 5.02. The zero-order chi connectivity index (χ0) is 17.6. The molecule has 0 aromatic heterocycles. The molecule has 3 rings (SSSR count). The Morgan fingerprint density at radius 2 is 1.92 bits per heavy atom. The second-order valence-corrected chi connectivity index (χ2v) is 7.20. The second-order valence-electron chi connectivity index (χ2n) is 6.77. The number of halogens is 1. The number of nitrogens with one attached hydrogen (secondary N) is 1. The topological polar surface area (TPSA) is 32.3 Å². The smallest absolute Gasteiger partial charge is 0.255 e. The van der Waals surface area contributed by atoms with Gasteiger partial charge in [-0.3, -0.25) is 4.79 Å². The second kappa shape index (κ2) is 8.50. The van der Waals surface area contributed by atoms with Gasteiger partial charge in [0.25, 0.3) is 5.91 Å². The molecule has 2 aromatic rings. The number of carbonyl (C=O) groups is 1. The molecule has 1 heterocycles. The number of rotatable bonds is 5. The molecule has 1 saturated heterocycles. The normalized spacial score (nSPS) is 15.1. The van der Waals surface area contributed by atoms with Gasteiger partial charge in [-0.1, -0.05) is 30.2 Å². The Kier molecular flexibility index (Phi) is 6.11. The lowest BCUT2D eigenvalue weighted by molar-refractivity contribution is 0.102. The van der Waals surface area contributed by atoms with E-state index in [9.17, 15) is 4.79 Å². The molecule has 2 aromatic carbocycles. The number of piperidine rings is 1. The molecule has 4 heteroatoms. The van der Waals surface area contributed by atoms with Crippen LogP contribution in [0.25, 0.3) is 0 Å². The first-order valence-electron chi connectivity index (χ1n) is 9.00. The minimum Gasteiger partial charge on any atom is -0.322 e. The molecule has 0 spiro atoms. The van der Waals surface area contributed by atoms with Gasteiger partial charge in [0.15, 0.2) is 0 Å². The van der Waals surface area contributed by atoms with Gasteiger partial charge < -0.3 is 10.2 Å². The monoisotopic (exact) mass is 356 g/mol. The van der Waals surface area contributed by atoms with Crippen molar-refractivity contribution in [2.24, 2.45) is 0 Å². The van der Waals surface area contributed by atoms with Gasteiger partial charge in [-0.05, 0) is 80.7 Å². The van der Waals surface area contributed by atoms with Crippen molar-refractivity contribution in [2.75, 3.05) is 25.0 Å². The van der Waals surface area contributed by atoms with E-state index in [1.54, 1.807) is 12.1 Å². The Bertz CT molecular complexity index is 738. The van der Waals surface area contributed by atoms with Crippen LogP contribution in [0.4, 0.5) is 5.69 Å². The summed E-state index contributed by atoms with van der Waals surface area (Å²) in [6.07, 6.45) is 5.01. The van der Waals surface area contributed by atoms with Gasteiger partial charge in [0, 0.05) is 22.8 Å². The third kappa shape index (κ3) is 5.07. The molecule has 0 unspecified atom stereocenters. The molecule has 1 aliphatic rings. The molecule has 0 bridgehead atoms. The fourth-order valence-electron chi connectivity index (χ4n) is 3.36. The Morgan fingerprint density at radius 1 is 1.12 bits per heavy atom. The summed E-state index contributed by atoms with van der Waals surface area (Å²) in [5.74, 6) is -0.0950. The first kappa shape index (κ1) is 18.0. The van der Waals surface area contributed by atoms with E-state index in [0.29, 0.717) is 10.6 Å². The van der Waals surface area contributed by atoms with Crippen LogP contribution in [0, 0.1) is 6.92 Å². The summed E-state index contributed by atoms with van der Waals surface area (Å²) in [7, 11) is 0. The van der Waals surface area contributed by atoms with Crippen LogP contribution in [0.2, 0.25) is 5.02 Å². The fourth-order valence-corrected chi connectivity index (χ4v) is 3.58. The van der Waals surface area contributed by atoms with Gasteiger partial charge in [0.1, 0.15) is 0 Å². The highest BCUT2D eigenvalue weighted by Gasteiger charge is 2.11. The van der Waals surface area contributed by atoms with Crippen LogP contribution in [0.1, 0.15) is 40.7 Å². The van der Waals surface area contributed by atoms with Crippen molar-refractivity contribution in [3.05, 3.63) is 64.2 Å². The molecule has 25 heavy (non-hydrogen) atoms. The Morgan fingerprint density at radius 3 is 2.68 bits per heavy atom. The van der Waals surface area contributed by atoms with E-state index in [-0.39, 0.29) is 5.91 Å². The molecule has 1 fully saturated rings. The maximum Gasteiger partial charge on any atom is 0.255 e. The molecule has 1 amide bonds. The van der Waals surface area contributed by atoms with Crippen LogP contribution in [0.15, 0.2) is 42.5 Å². The number of hydrogen-bond acceptors (Lipinski definition) is 2. The molecule has 3 nitrogen and oxygen atoms in total. The van der Waals surface area contributed by atoms with E-state index in [1.807, 2.05) is 25.1 Å². The van der Waals surface area contributed by atoms with Crippen LogP contribution in [0.5, 0.6) is 0 Å². The molecular weight excluding hydrogens is 332 g/mol. The first-order chi connectivity index (χ1) is 12.1. The highest BCUT2D eigenvalue weighted by molar-refractivity contribution is 6.30. The average molecular weight is 357 g/mol. The van der Waals surface area contributed by atoms with Gasteiger partial charge in [-0.2, -0.15) is 0 Å². The van der Waals surface area contributed by atoms with E-state index < -0.39 is 0 Å². The summed E-state index contributed by atoms with van der Waals surface area (Å²) in [4.78, 5) is 15.0. The van der Waals surface area contributed by atoms with Gasteiger partial charge in [-0.25, -0.2) is 0 Å². The highest BCUT2D eigenvalue weighted by Crippen LogP contribution is 2.18. The molecule has 1 N–H and O–H groups in total. The standard InChI is InChI=1S/C21H25ClN2O/c1-16-14-18(22)8-9-20(16)21(25)23-19-7-5-6-17(15-19)10-13-24-11-3-2-4-12-24/h5-9,14-15H,2-4,10-13H2,1H3,(H,23,25). The summed E-state index contributed by atoms with van der Waals surface area (Å²) < 4.78 is 0. The lowest BCUT2D eigenvalue weighted by atomic mass is 10.1. The summed E-state index contributed by atoms with van der Waals surface area (Å²) >= 11 is 5.97. The predicted molar refractivity (Wildman–Crippen MR) is 105 cm³/mol. The summed E-state index contributed by atoms with van der Waals surface area (Å²) in [6, 6.07) is 13.5. The van der Waals surface area contributed by atoms with Gasteiger partial charge in [0.2, 0.25) is 0 Å². The molecule has 132 valence electrons. The Labute approximate surface area is 155 Å². The number of hydrogen-bond donors (Lipinski definition) is 1. The molecule has 0 saturated carbocycles. The zero-order valence-corrected chi connectivity index (χ0v) is 15.5. The third-order valence-electron chi connectivity index (χ3n) is 4.78. The van der Waals surface area contributed by atoms with Gasteiger partial charge >= 0.3 is 0 Å². The maximum absolute atomic E-state index is 12.5. The van der Waals surface area contributed by atoms with Crippen LogP contribution in [-0.2, 0) is 6.42 Å². The Hall–Kier alpha value is -1.84. The van der Waals surface area contributed by atoms with Crippen LogP contribution in [-0.4, -0.2) is 30.4 Å². The number of carbonyl (C=O) groups excluding carboxylic acids is 1. The minimum absolute atomic E-state index is 0.0950. The van der Waals surface area contributed by atoms with Crippen molar-refractivity contribution < 1.29 is 4.79 Å². The predicted octanol–water partition coefficient (Wildman–Crippen LogP) is 4.93. The summed E-state index contributed by atoms with van der Waals surface area (Å²) in [5.41, 5.74) is 3.64. The van der Waals surface area contributed by atoms with Gasteiger partial charge in [-0.15, -0.1) is 0 Å². The first-order valence-corrected chi connectivity index (χ1v) is 9.38. The number of benzene rings is 2. The molecular formula is C21H25ClN2O. The SMILES string of the molecule is Cc1cc(Cl)ccc1C(=O)Nc1cccc(CCN2CCCCC2)c1. The van der Waals surface area contributed by atoms with Gasteiger partial charge in [0.05, 0.1) is 0 Å². The van der Waals surface area contributed by atoms with Crippen LogP contribution < -0.4 is 5.32 Å². The molecule has 1 aliphatic heterocycles. The van der Waals surface area contributed by atoms with Crippen molar-refractivity contribution in [1.82, 2.24) is 4.90 Å². The van der Waals surface area contributed by atoms with Crippen molar-refractivity contribution in [1.29, 1.82) is 0 Å². The van der Waals surface area contributed by atoms with E-state index in [2.05, 4.69) is 22.3 Å². The van der Waals surface area contributed by atoms with E-state index in [0.717, 1.165) is 24.2 Å². The zero-order valence-electron chi connectivity index (χ0n) is 14.7. The number of likely N-dealkylation sites (tertiary alicyclic amines) is 1. The van der Waals surface area contributed by atoms with Crippen molar-refractivity contribution >= 4 is 23.2 Å². The van der Waals surface area contributed by atoms with Crippen LogP contribution >= 0.6 is 11.6 Å². The summed E-state index contributed by atoms with van der Waals surface area (Å²) in [6.45, 7) is 5.42. The highest BCUT2D eigenvalue weighted by atomic mass is 35.5. The Balaban J connectivity index is 1.61. The van der Waals surface area contributed by atoms with E-state index >= 15 is 0 Å². The largest absolute Gasteiger partial charge is 0.322 e. The summed E-state index contributed by atoms with van der Waals surface area (Å²) in [5, 5.41) is 3.65. The maximum atomic E-state index is 12.5. The quantitative estimate of drug-likeness (QED) is 0.823. The van der Waals surface area contributed by atoms with Crippen molar-refractivity contribution in [3.63, 3.8) is 0 Å². The number of anilines is 1. The minimum atomic E-state index is -0.0950. The van der Waals surface area contributed by atoms with E-state index in [4.69, 9.17) is 11.6 Å². The van der Waals surface area contributed by atoms with Crippen molar-refractivity contribution in [3.8, 4) is 0 Å². The van der Waals surface area contributed by atoms with Crippen LogP contribution in [0.3, 0.4) is 0 Å². The van der Waals surface area contributed by atoms with Crippen molar-refractivity contribution in [2.45, 2.75) is 32.6 Å². The molecule has 0 radical (unpaired) electrons. The number of aryl methyl sites for hydroxylation is 1. The number of amides is 1. The fraction of sp³-hybridized carbons (Fsp3) is 0.381. The molecule has 0 atom stereocenters. The molecule has 0 aliphatic carbocycles. The number of nitrogens with zero attached hydrogens (tertiary/aromatic N) is 1. The average Bonchev–Trinajstić information content (AvgIpc) is 2.61. The lowest BCUT2D eigenvalue weighted by Gasteiger charge is -2.26. The van der Waals surface area contributed by atoms with E-state index in [1.165, 1.54) is 37.9 Å². The lowest BCUT2D eigenvalue weighted by Crippen LogP contribution is -2.31.